The van der Waals surface area contributed by atoms with E-state index >= 15 is 0 Å². The fourth-order valence-corrected chi connectivity index (χ4v) is 1.50. The van der Waals surface area contributed by atoms with Gasteiger partial charge in [0.05, 0.1) is 6.10 Å². The Morgan fingerprint density at radius 3 is 2.75 bits per heavy atom. The molecule has 1 atom stereocenters. The minimum Gasteiger partial charge on any atom is -0.317 e. The predicted octanol–water partition coefficient (Wildman–Crippen LogP) is 3.11. The van der Waals surface area contributed by atoms with Gasteiger partial charge in [0.1, 0.15) is 0 Å². The smallest absolute Gasteiger partial charge is 0.317 e. The molecule has 1 aliphatic carbocycles. The molecule has 1 saturated carbocycles. The first-order chi connectivity index (χ1) is 5.47. The van der Waals surface area contributed by atoms with E-state index in [2.05, 4.69) is 11.3 Å². The second-order valence-corrected chi connectivity index (χ2v) is 3.39. The highest BCUT2D eigenvalue weighted by Gasteiger charge is 2.28. The largest absolute Gasteiger partial charge is 0.353 e. The Bertz CT molecular complexity index is 172. The number of hydrogen-bond donors (Lipinski definition) is 0. The van der Waals surface area contributed by atoms with Crippen LogP contribution in [0.2, 0.25) is 0 Å². The van der Waals surface area contributed by atoms with Gasteiger partial charge in [-0.2, -0.15) is 8.78 Å². The van der Waals surface area contributed by atoms with Gasteiger partial charge in [0.15, 0.2) is 0 Å². The van der Waals surface area contributed by atoms with E-state index in [1.807, 2.05) is 0 Å². The van der Waals surface area contributed by atoms with Crippen LogP contribution in [-0.2, 0) is 4.74 Å². The third kappa shape index (κ3) is 3.30. The SMILES string of the molecule is C=C1CCCC(OC(C)(F)F)C1. The van der Waals surface area contributed by atoms with Gasteiger partial charge in [0, 0.05) is 6.92 Å². The molecule has 1 rings (SSSR count). The Balaban J connectivity index is 2.37. The molecule has 0 radical (unpaired) electrons. The molecule has 0 aliphatic heterocycles. The maximum absolute atomic E-state index is 12.4. The van der Waals surface area contributed by atoms with E-state index in [4.69, 9.17) is 0 Å². The summed E-state index contributed by atoms with van der Waals surface area (Å²) in [6.07, 6.45) is -0.144. The van der Waals surface area contributed by atoms with Crippen molar-refractivity contribution in [3.63, 3.8) is 0 Å². The lowest BCUT2D eigenvalue weighted by molar-refractivity contribution is -0.251. The summed E-state index contributed by atoms with van der Waals surface area (Å²) < 4.78 is 29.3. The van der Waals surface area contributed by atoms with Crippen molar-refractivity contribution in [2.45, 2.75) is 44.8 Å². The highest BCUT2D eigenvalue weighted by atomic mass is 19.3. The van der Waals surface area contributed by atoms with E-state index in [9.17, 15) is 8.78 Å². The fraction of sp³-hybridized carbons (Fsp3) is 0.778. The molecule has 1 aliphatic rings. The lowest BCUT2D eigenvalue weighted by Gasteiger charge is -2.26. The molecule has 1 fully saturated rings. The van der Waals surface area contributed by atoms with Crippen LogP contribution in [0.3, 0.4) is 0 Å². The van der Waals surface area contributed by atoms with Gasteiger partial charge >= 0.3 is 6.11 Å². The Hall–Kier alpha value is -0.440. The third-order valence-electron chi connectivity index (χ3n) is 1.95. The molecule has 1 unspecified atom stereocenters. The molecule has 0 aromatic rings. The molecular weight excluding hydrogens is 162 g/mol. The van der Waals surface area contributed by atoms with Crippen LogP contribution in [0, 0.1) is 0 Å². The molecule has 0 spiro atoms. The molecule has 1 nitrogen and oxygen atoms in total. The number of ether oxygens (including phenoxy) is 1. The molecule has 0 aromatic heterocycles. The van der Waals surface area contributed by atoms with Crippen molar-refractivity contribution >= 4 is 0 Å². The summed E-state index contributed by atoms with van der Waals surface area (Å²) in [5, 5.41) is 0. The second kappa shape index (κ2) is 3.52. The zero-order valence-electron chi connectivity index (χ0n) is 7.28. The van der Waals surface area contributed by atoms with Crippen LogP contribution in [0.4, 0.5) is 8.78 Å². The van der Waals surface area contributed by atoms with Crippen molar-refractivity contribution in [2.75, 3.05) is 0 Å². The van der Waals surface area contributed by atoms with Crippen LogP contribution in [0.25, 0.3) is 0 Å². The first-order valence-electron chi connectivity index (χ1n) is 4.19. The van der Waals surface area contributed by atoms with Gasteiger partial charge in [-0.05, 0) is 25.7 Å². The third-order valence-corrected chi connectivity index (χ3v) is 1.95. The summed E-state index contributed by atoms with van der Waals surface area (Å²) in [7, 11) is 0. The van der Waals surface area contributed by atoms with Crippen molar-refractivity contribution < 1.29 is 13.5 Å². The molecule has 70 valence electrons. The van der Waals surface area contributed by atoms with Crippen molar-refractivity contribution in [3.05, 3.63) is 12.2 Å². The molecule has 0 amide bonds. The van der Waals surface area contributed by atoms with E-state index in [-0.39, 0.29) is 6.10 Å². The predicted molar refractivity (Wildman–Crippen MR) is 43.1 cm³/mol. The van der Waals surface area contributed by atoms with Crippen molar-refractivity contribution in [3.8, 4) is 0 Å². The maximum Gasteiger partial charge on any atom is 0.353 e. The molecule has 3 heteroatoms. The quantitative estimate of drug-likeness (QED) is 0.587. The van der Waals surface area contributed by atoms with Gasteiger partial charge in [-0.1, -0.05) is 12.2 Å². The monoisotopic (exact) mass is 176 g/mol. The molecular formula is C9H14F2O. The molecule has 12 heavy (non-hydrogen) atoms. The van der Waals surface area contributed by atoms with Crippen LogP contribution in [-0.4, -0.2) is 12.2 Å². The standard InChI is InChI=1S/C9H14F2O/c1-7-4-3-5-8(6-7)12-9(2,10)11/h8H,1,3-6H2,2H3. The number of halogens is 2. The Morgan fingerprint density at radius 2 is 2.25 bits per heavy atom. The van der Waals surface area contributed by atoms with Crippen molar-refractivity contribution in [1.82, 2.24) is 0 Å². The minimum absolute atomic E-state index is 0.328. The number of rotatable bonds is 2. The van der Waals surface area contributed by atoms with Crippen molar-refractivity contribution in [1.29, 1.82) is 0 Å². The van der Waals surface area contributed by atoms with E-state index in [0.717, 1.165) is 31.8 Å². The van der Waals surface area contributed by atoms with Gasteiger partial charge in [0.25, 0.3) is 0 Å². The maximum atomic E-state index is 12.4. The summed E-state index contributed by atoms with van der Waals surface area (Å²) in [5.41, 5.74) is 1.02. The zero-order chi connectivity index (χ0) is 9.19. The Morgan fingerprint density at radius 1 is 1.58 bits per heavy atom. The van der Waals surface area contributed by atoms with Gasteiger partial charge in [-0.15, -0.1) is 0 Å². The summed E-state index contributed by atoms with van der Waals surface area (Å²) in [5.74, 6) is 0. The van der Waals surface area contributed by atoms with Gasteiger partial charge in [-0.3, -0.25) is 0 Å². The van der Waals surface area contributed by atoms with Gasteiger partial charge in [-0.25, -0.2) is 0 Å². The Labute approximate surface area is 71.4 Å². The normalized spacial score (nSPS) is 25.9. The molecule has 0 N–H and O–H groups in total. The number of alkyl halides is 2. The topological polar surface area (TPSA) is 9.23 Å². The average molecular weight is 176 g/mol. The minimum atomic E-state index is -3.00. The van der Waals surface area contributed by atoms with Crippen LogP contribution < -0.4 is 0 Å². The fourth-order valence-electron chi connectivity index (χ4n) is 1.50. The van der Waals surface area contributed by atoms with Gasteiger partial charge in [0.2, 0.25) is 0 Å². The molecule has 0 aromatic carbocycles. The van der Waals surface area contributed by atoms with E-state index in [0.29, 0.717) is 6.42 Å². The average Bonchev–Trinajstić information content (AvgIpc) is 1.82. The lowest BCUT2D eigenvalue weighted by atomic mass is 9.94. The Kier molecular flexibility index (Phi) is 2.83. The second-order valence-electron chi connectivity index (χ2n) is 3.39. The van der Waals surface area contributed by atoms with E-state index in [1.54, 1.807) is 0 Å². The molecule has 0 bridgehead atoms. The lowest BCUT2D eigenvalue weighted by Crippen LogP contribution is -2.27. The number of hydrogen-bond acceptors (Lipinski definition) is 1. The van der Waals surface area contributed by atoms with E-state index in [1.165, 1.54) is 0 Å². The van der Waals surface area contributed by atoms with Crippen LogP contribution in [0.15, 0.2) is 12.2 Å². The van der Waals surface area contributed by atoms with Crippen molar-refractivity contribution in [2.24, 2.45) is 0 Å². The first kappa shape index (κ1) is 9.65. The zero-order valence-corrected chi connectivity index (χ0v) is 7.28. The summed E-state index contributed by atoms with van der Waals surface area (Å²) in [4.78, 5) is 0. The first-order valence-corrected chi connectivity index (χ1v) is 4.19. The van der Waals surface area contributed by atoms with E-state index < -0.39 is 6.11 Å². The molecule has 0 saturated heterocycles. The highest BCUT2D eigenvalue weighted by Crippen LogP contribution is 2.28. The summed E-state index contributed by atoms with van der Waals surface area (Å²) in [6, 6.07) is 0. The summed E-state index contributed by atoms with van der Waals surface area (Å²) >= 11 is 0. The summed E-state index contributed by atoms with van der Waals surface area (Å²) in [6.45, 7) is 4.55. The molecule has 0 heterocycles. The highest BCUT2D eigenvalue weighted by molar-refractivity contribution is 4.99. The van der Waals surface area contributed by atoms with Crippen LogP contribution >= 0.6 is 0 Å². The van der Waals surface area contributed by atoms with Crippen LogP contribution in [0.5, 0.6) is 0 Å². The van der Waals surface area contributed by atoms with Gasteiger partial charge < -0.3 is 4.74 Å². The van der Waals surface area contributed by atoms with Crippen LogP contribution in [0.1, 0.15) is 32.6 Å².